The smallest absolute Gasteiger partial charge is 0.341 e. The number of sulfonamides is 1. The molecule has 2 heterocycles. The number of nitrogens with zero attached hydrogens (tertiary/aromatic N) is 1. The van der Waals surface area contributed by atoms with Crippen LogP contribution in [0.4, 0.5) is 27.6 Å². The van der Waals surface area contributed by atoms with Crippen LogP contribution in [0.15, 0.2) is 47.4 Å². The van der Waals surface area contributed by atoms with Crippen LogP contribution in [0.5, 0.6) is 0 Å². The molecule has 0 radical (unpaired) electrons. The maximum atomic E-state index is 14.1. The average molecular weight is 586 g/mol. The van der Waals surface area contributed by atoms with Crippen LogP contribution in [0.25, 0.3) is 0 Å². The molecule has 3 aromatic carbocycles. The minimum absolute atomic E-state index is 0.0480. The summed E-state index contributed by atoms with van der Waals surface area (Å²) in [6.45, 7) is 0.0512. The van der Waals surface area contributed by atoms with Crippen molar-refractivity contribution in [1.82, 2.24) is 9.62 Å². The summed E-state index contributed by atoms with van der Waals surface area (Å²) in [4.78, 5) is 26.0. The molecule has 0 fully saturated rings. The number of carbonyl (C=O) groups excluding carboxylic acids is 2. The second-order valence-corrected chi connectivity index (χ2v) is 11.4. The van der Waals surface area contributed by atoms with E-state index in [4.69, 9.17) is 11.6 Å². The van der Waals surface area contributed by atoms with Crippen molar-refractivity contribution < 1.29 is 40.0 Å². The number of hydrogen-bond acceptors (Lipinski definition) is 4. The van der Waals surface area contributed by atoms with Gasteiger partial charge in [0.1, 0.15) is 11.6 Å². The first-order valence-corrected chi connectivity index (χ1v) is 13.1. The van der Waals surface area contributed by atoms with Gasteiger partial charge in [-0.25, -0.2) is 21.5 Å². The van der Waals surface area contributed by atoms with Crippen molar-refractivity contribution in [3.63, 3.8) is 0 Å². The number of rotatable bonds is 3. The van der Waals surface area contributed by atoms with E-state index in [9.17, 15) is 40.0 Å². The summed E-state index contributed by atoms with van der Waals surface area (Å²) in [6, 6.07) is 4.57. The quantitative estimate of drug-likeness (QED) is 0.428. The van der Waals surface area contributed by atoms with Crippen molar-refractivity contribution >= 4 is 39.1 Å². The van der Waals surface area contributed by atoms with Gasteiger partial charge < -0.3 is 10.6 Å². The largest absolute Gasteiger partial charge is 0.416 e. The lowest BCUT2D eigenvalue weighted by Crippen LogP contribution is -2.35. The third kappa shape index (κ3) is 4.64. The molecule has 5 rings (SSSR count). The lowest BCUT2D eigenvalue weighted by Gasteiger charge is -2.28. The summed E-state index contributed by atoms with van der Waals surface area (Å²) >= 11 is 6.27. The summed E-state index contributed by atoms with van der Waals surface area (Å²) < 4.78 is 95.1. The number of hydrogen-bond donors (Lipinski definition) is 2. The Labute approximate surface area is 223 Å². The Bertz CT molecular complexity index is 1680. The van der Waals surface area contributed by atoms with E-state index in [0.717, 1.165) is 22.5 Å². The number of benzene rings is 3. The number of carbonyl (C=O) groups is 2. The van der Waals surface area contributed by atoms with Crippen molar-refractivity contribution in [2.75, 3.05) is 18.9 Å². The first kappa shape index (κ1) is 27.0. The van der Waals surface area contributed by atoms with Gasteiger partial charge in [-0.3, -0.25) is 9.59 Å². The lowest BCUT2D eigenvalue weighted by molar-refractivity contribution is -0.137. The van der Waals surface area contributed by atoms with Crippen molar-refractivity contribution in [3.8, 4) is 0 Å². The van der Waals surface area contributed by atoms with Gasteiger partial charge in [0.2, 0.25) is 10.0 Å². The molecule has 1 unspecified atom stereocenters. The Morgan fingerprint density at radius 1 is 1.10 bits per heavy atom. The van der Waals surface area contributed by atoms with Gasteiger partial charge in [0.05, 0.1) is 22.1 Å². The summed E-state index contributed by atoms with van der Waals surface area (Å²) in [5.74, 6) is -3.93. The standard InChI is InChI=1S/C25H17ClF5N3O4S/c1-34-5-4-15-19(39(34,37)38)10-18(32-23(35)11-6-12(25(29,30)31)8-14(28)7-11)21-20(15)24(36)33-22(21)16-9-13(27)2-3-17(16)26/h2-3,6-10,22H,4-5H2,1H3,(H,32,35)(H,33,36). The van der Waals surface area contributed by atoms with Crippen LogP contribution < -0.4 is 10.6 Å². The molecule has 0 aliphatic carbocycles. The maximum Gasteiger partial charge on any atom is 0.416 e. The van der Waals surface area contributed by atoms with E-state index in [1.165, 1.54) is 13.1 Å². The fraction of sp³-hybridized carbons (Fsp3) is 0.200. The zero-order chi connectivity index (χ0) is 28.4. The maximum absolute atomic E-state index is 14.1. The van der Waals surface area contributed by atoms with Gasteiger partial charge >= 0.3 is 6.18 Å². The Kier molecular flexibility index (Phi) is 6.43. The summed E-state index contributed by atoms with van der Waals surface area (Å²) in [6.07, 6.45) is -4.81. The number of halogens is 6. The Morgan fingerprint density at radius 3 is 2.51 bits per heavy atom. The molecule has 14 heteroatoms. The Morgan fingerprint density at radius 2 is 1.82 bits per heavy atom. The highest BCUT2D eigenvalue weighted by Gasteiger charge is 2.41. The first-order valence-electron chi connectivity index (χ1n) is 11.3. The predicted molar refractivity (Wildman–Crippen MR) is 130 cm³/mol. The van der Waals surface area contributed by atoms with Gasteiger partial charge in [-0.15, -0.1) is 0 Å². The number of fused-ring (bicyclic) bond motifs is 3. The highest BCUT2D eigenvalue weighted by atomic mass is 35.5. The van der Waals surface area contributed by atoms with E-state index in [1.54, 1.807) is 0 Å². The van der Waals surface area contributed by atoms with Crippen molar-refractivity contribution in [1.29, 1.82) is 0 Å². The Hall–Kier alpha value is -3.55. The van der Waals surface area contributed by atoms with Gasteiger partial charge in [-0.2, -0.15) is 13.2 Å². The molecule has 0 bridgehead atoms. The molecule has 1 atom stereocenters. The lowest BCUT2D eigenvalue weighted by atomic mass is 9.92. The number of amides is 2. The van der Waals surface area contributed by atoms with Gasteiger partial charge in [0.25, 0.3) is 11.8 Å². The molecular formula is C25H17ClF5N3O4S. The van der Waals surface area contributed by atoms with Crippen LogP contribution in [0.2, 0.25) is 5.02 Å². The third-order valence-corrected chi connectivity index (χ3v) is 8.86. The van der Waals surface area contributed by atoms with Gasteiger partial charge in [-0.05, 0) is 54.4 Å². The fourth-order valence-electron chi connectivity index (χ4n) is 4.74. The molecule has 7 nitrogen and oxygen atoms in total. The third-order valence-electron chi connectivity index (χ3n) is 6.59. The van der Waals surface area contributed by atoms with Crippen LogP contribution >= 0.6 is 11.6 Å². The van der Waals surface area contributed by atoms with Crippen LogP contribution in [0.1, 0.15) is 49.0 Å². The second kappa shape index (κ2) is 9.28. The molecule has 0 spiro atoms. The van der Waals surface area contributed by atoms with Crippen LogP contribution in [0, 0.1) is 11.6 Å². The van der Waals surface area contributed by atoms with E-state index in [2.05, 4.69) is 10.6 Å². The molecule has 2 aliphatic heterocycles. The van der Waals surface area contributed by atoms with E-state index < -0.39 is 56.8 Å². The van der Waals surface area contributed by atoms with Crippen molar-refractivity contribution in [2.24, 2.45) is 0 Å². The minimum atomic E-state index is -4.95. The summed E-state index contributed by atoms with van der Waals surface area (Å²) in [5.41, 5.74) is -2.14. The minimum Gasteiger partial charge on any atom is -0.341 e. The number of nitrogens with one attached hydrogen (secondary N) is 2. The molecular weight excluding hydrogens is 569 g/mol. The summed E-state index contributed by atoms with van der Waals surface area (Å²) in [5, 5.41) is 5.01. The first-order chi connectivity index (χ1) is 18.2. The van der Waals surface area contributed by atoms with Crippen LogP contribution in [-0.4, -0.2) is 38.1 Å². The van der Waals surface area contributed by atoms with E-state index in [0.29, 0.717) is 12.1 Å². The van der Waals surface area contributed by atoms with Gasteiger partial charge in [-0.1, -0.05) is 11.6 Å². The molecule has 39 heavy (non-hydrogen) atoms. The molecule has 0 aromatic heterocycles. The van der Waals surface area contributed by atoms with E-state index >= 15 is 0 Å². The summed E-state index contributed by atoms with van der Waals surface area (Å²) in [7, 11) is -2.79. The topological polar surface area (TPSA) is 95.6 Å². The van der Waals surface area contributed by atoms with E-state index in [1.807, 2.05) is 0 Å². The molecule has 0 saturated carbocycles. The zero-order valence-corrected chi connectivity index (χ0v) is 21.4. The number of likely N-dealkylation sites (N-methyl/N-ethyl adjacent to an activating group) is 1. The predicted octanol–water partition coefficient (Wildman–Crippen LogP) is 4.90. The van der Waals surface area contributed by atoms with E-state index in [-0.39, 0.29) is 56.9 Å². The molecule has 0 saturated heterocycles. The highest BCUT2D eigenvalue weighted by molar-refractivity contribution is 7.89. The molecule has 204 valence electrons. The molecule has 3 aromatic rings. The highest BCUT2D eigenvalue weighted by Crippen LogP contribution is 2.44. The molecule has 2 aliphatic rings. The Balaban J connectivity index is 1.72. The average Bonchev–Trinajstić information content (AvgIpc) is 3.20. The normalized spacial score (nSPS) is 18.3. The van der Waals surface area contributed by atoms with Crippen molar-refractivity contribution in [3.05, 3.63) is 92.5 Å². The van der Waals surface area contributed by atoms with Crippen molar-refractivity contribution in [2.45, 2.75) is 23.5 Å². The van der Waals surface area contributed by atoms with Gasteiger partial charge in [0.15, 0.2) is 0 Å². The fourth-order valence-corrected chi connectivity index (χ4v) is 6.41. The zero-order valence-electron chi connectivity index (χ0n) is 19.8. The number of alkyl halides is 3. The monoisotopic (exact) mass is 585 g/mol. The van der Waals surface area contributed by atoms with Crippen LogP contribution in [0.3, 0.4) is 0 Å². The molecule has 2 amide bonds. The number of anilines is 1. The van der Waals surface area contributed by atoms with Gasteiger partial charge in [0, 0.05) is 41.0 Å². The second-order valence-electron chi connectivity index (χ2n) is 9.02. The SMILES string of the molecule is CN1CCc2c(cc(NC(=O)c3cc(F)cc(C(F)(F)F)c3)c3c2C(=O)NC3c2cc(F)ccc2Cl)S1(=O)=O. The van der Waals surface area contributed by atoms with Crippen LogP contribution in [-0.2, 0) is 22.6 Å². The molecule has 2 N–H and O–H groups in total.